The Kier molecular flexibility index (Phi) is 17.7. The molecule has 0 spiro atoms. The molecular formula is C25H48O5. The van der Waals surface area contributed by atoms with Gasteiger partial charge in [-0.1, -0.05) is 89.7 Å². The minimum Gasteiger partial charge on any atom is -0.394 e. The molecule has 0 saturated carbocycles. The van der Waals surface area contributed by atoms with Crippen LogP contribution in [0.3, 0.4) is 0 Å². The fraction of sp³-hybridized carbons (Fsp3) is 0.920. The van der Waals surface area contributed by atoms with Gasteiger partial charge < -0.3 is 24.8 Å². The zero-order valence-electron chi connectivity index (χ0n) is 19.4. The van der Waals surface area contributed by atoms with Crippen LogP contribution in [0.2, 0.25) is 0 Å². The van der Waals surface area contributed by atoms with E-state index < -0.39 is 24.4 Å². The molecule has 0 aromatic heterocycles. The van der Waals surface area contributed by atoms with Gasteiger partial charge in [0, 0.05) is 6.61 Å². The van der Waals surface area contributed by atoms with Crippen LogP contribution in [-0.4, -0.2) is 59.6 Å². The number of unbranched alkanes of at least 4 members (excludes halogenated alkanes) is 13. The van der Waals surface area contributed by atoms with E-state index in [-0.39, 0.29) is 13.2 Å². The molecule has 1 fully saturated rings. The highest BCUT2D eigenvalue weighted by atomic mass is 16.6. The first kappa shape index (κ1) is 27.6. The van der Waals surface area contributed by atoms with E-state index >= 15 is 0 Å². The maximum atomic E-state index is 10.1. The summed E-state index contributed by atoms with van der Waals surface area (Å²) < 4.78 is 10.8. The fourth-order valence-corrected chi connectivity index (χ4v) is 3.98. The lowest BCUT2D eigenvalue weighted by Gasteiger charge is -2.37. The predicted octanol–water partition coefficient (Wildman–Crippen LogP) is 4.91. The van der Waals surface area contributed by atoms with Crippen molar-refractivity contribution in [3.8, 4) is 0 Å². The van der Waals surface area contributed by atoms with E-state index in [0.717, 1.165) is 19.3 Å². The quantitative estimate of drug-likeness (QED) is 0.201. The van der Waals surface area contributed by atoms with Crippen molar-refractivity contribution in [2.45, 2.75) is 128 Å². The Morgan fingerprint density at radius 2 is 1.33 bits per heavy atom. The molecule has 0 bridgehead atoms. The van der Waals surface area contributed by atoms with Crippen LogP contribution in [0.4, 0.5) is 0 Å². The monoisotopic (exact) mass is 428 g/mol. The zero-order chi connectivity index (χ0) is 21.9. The Bertz CT molecular complexity index is 401. The average Bonchev–Trinajstić information content (AvgIpc) is 2.75. The van der Waals surface area contributed by atoms with E-state index in [0.29, 0.717) is 6.61 Å². The van der Waals surface area contributed by atoms with Crippen LogP contribution in [-0.2, 0) is 9.47 Å². The summed E-state index contributed by atoms with van der Waals surface area (Å²) in [5.41, 5.74) is 0. The third-order valence-corrected chi connectivity index (χ3v) is 5.97. The van der Waals surface area contributed by atoms with Crippen LogP contribution in [0.1, 0.15) is 103 Å². The number of aliphatic hydroxyl groups excluding tert-OH is 3. The van der Waals surface area contributed by atoms with E-state index in [1.807, 2.05) is 0 Å². The summed E-state index contributed by atoms with van der Waals surface area (Å²) in [5.74, 6) is 0. The molecule has 5 nitrogen and oxygen atoms in total. The standard InChI is InChI=1S/C25H48O5/c1-2-3-4-5-6-7-8-9-10-11-12-13-14-15-16-17-18-19-29-25-22(27)21-30-23(20-26)24(25)28/h15-16,22-28H,2-14,17-21H2,1H3/b16-15+/t22-,23+,24+,25+/m1/s1. The van der Waals surface area contributed by atoms with Gasteiger partial charge in [-0.05, 0) is 25.7 Å². The molecule has 0 amide bonds. The van der Waals surface area contributed by atoms with Crippen molar-refractivity contribution in [3.63, 3.8) is 0 Å². The van der Waals surface area contributed by atoms with Gasteiger partial charge in [0.2, 0.25) is 0 Å². The van der Waals surface area contributed by atoms with Gasteiger partial charge in [-0.2, -0.15) is 0 Å². The van der Waals surface area contributed by atoms with Crippen LogP contribution in [0.5, 0.6) is 0 Å². The lowest BCUT2D eigenvalue weighted by atomic mass is 10.0. The maximum Gasteiger partial charge on any atom is 0.114 e. The minimum absolute atomic E-state index is 0.0892. The molecule has 0 aliphatic carbocycles. The molecule has 178 valence electrons. The molecule has 1 aliphatic heterocycles. The number of hydrogen-bond acceptors (Lipinski definition) is 5. The smallest absolute Gasteiger partial charge is 0.114 e. The van der Waals surface area contributed by atoms with Gasteiger partial charge in [0.05, 0.1) is 13.2 Å². The first-order chi connectivity index (χ1) is 14.7. The zero-order valence-corrected chi connectivity index (χ0v) is 19.4. The van der Waals surface area contributed by atoms with E-state index in [1.54, 1.807) is 0 Å². The van der Waals surface area contributed by atoms with Crippen LogP contribution in [0.15, 0.2) is 12.2 Å². The van der Waals surface area contributed by atoms with Crippen LogP contribution in [0.25, 0.3) is 0 Å². The largest absolute Gasteiger partial charge is 0.394 e. The minimum atomic E-state index is -0.986. The Balaban J connectivity index is 1.86. The summed E-state index contributed by atoms with van der Waals surface area (Å²) in [6, 6.07) is 0. The number of ether oxygens (including phenoxy) is 2. The number of rotatable bonds is 19. The molecule has 1 rings (SSSR count). The van der Waals surface area contributed by atoms with Crippen molar-refractivity contribution in [1.82, 2.24) is 0 Å². The fourth-order valence-electron chi connectivity index (χ4n) is 3.98. The Hall–Kier alpha value is -0.460. The van der Waals surface area contributed by atoms with Crippen molar-refractivity contribution in [2.24, 2.45) is 0 Å². The van der Waals surface area contributed by atoms with E-state index in [1.165, 1.54) is 77.0 Å². The molecule has 1 aliphatic rings. The van der Waals surface area contributed by atoms with Crippen molar-refractivity contribution in [1.29, 1.82) is 0 Å². The molecule has 0 aromatic carbocycles. The van der Waals surface area contributed by atoms with Crippen molar-refractivity contribution in [2.75, 3.05) is 19.8 Å². The van der Waals surface area contributed by atoms with Crippen LogP contribution in [0, 0.1) is 0 Å². The Labute approximate surface area is 184 Å². The highest BCUT2D eigenvalue weighted by Crippen LogP contribution is 2.19. The molecule has 1 heterocycles. The second-order valence-electron chi connectivity index (χ2n) is 8.74. The van der Waals surface area contributed by atoms with E-state index in [9.17, 15) is 10.2 Å². The number of aliphatic hydroxyl groups is 3. The summed E-state index contributed by atoms with van der Waals surface area (Å²) in [7, 11) is 0. The van der Waals surface area contributed by atoms with Gasteiger partial charge in [0.1, 0.15) is 24.4 Å². The lowest BCUT2D eigenvalue weighted by molar-refractivity contribution is -0.210. The number of hydrogen-bond donors (Lipinski definition) is 3. The predicted molar refractivity (Wildman–Crippen MR) is 123 cm³/mol. The first-order valence-corrected chi connectivity index (χ1v) is 12.6. The summed E-state index contributed by atoms with van der Waals surface area (Å²) >= 11 is 0. The summed E-state index contributed by atoms with van der Waals surface area (Å²) in [6.07, 6.45) is 20.8. The lowest BCUT2D eigenvalue weighted by Crippen LogP contribution is -2.55. The molecule has 5 heteroatoms. The topological polar surface area (TPSA) is 79.2 Å². The summed E-state index contributed by atoms with van der Waals surface area (Å²) in [5, 5.41) is 29.1. The normalized spacial score (nSPS) is 24.7. The highest BCUT2D eigenvalue weighted by molar-refractivity contribution is 4.88. The number of allylic oxidation sites excluding steroid dienone is 2. The van der Waals surface area contributed by atoms with Gasteiger partial charge >= 0.3 is 0 Å². The molecule has 4 atom stereocenters. The Morgan fingerprint density at radius 1 is 0.800 bits per heavy atom. The Morgan fingerprint density at radius 3 is 1.90 bits per heavy atom. The SMILES string of the molecule is CCCCCCCCCCCCCC/C=C/CCCO[C@@H]1[C@@H](O)[C@H](CO)OC[C@H]1O. The molecule has 30 heavy (non-hydrogen) atoms. The van der Waals surface area contributed by atoms with Gasteiger partial charge in [-0.25, -0.2) is 0 Å². The molecule has 1 saturated heterocycles. The van der Waals surface area contributed by atoms with Crippen LogP contribution >= 0.6 is 0 Å². The molecule has 0 aromatic rings. The second-order valence-corrected chi connectivity index (χ2v) is 8.74. The summed E-state index contributed by atoms with van der Waals surface area (Å²) in [4.78, 5) is 0. The molecule has 0 radical (unpaired) electrons. The third kappa shape index (κ3) is 13.1. The van der Waals surface area contributed by atoms with Gasteiger partial charge in [0.25, 0.3) is 0 Å². The van der Waals surface area contributed by atoms with Crippen molar-refractivity contribution >= 4 is 0 Å². The van der Waals surface area contributed by atoms with Gasteiger partial charge in [0.15, 0.2) is 0 Å². The van der Waals surface area contributed by atoms with Crippen molar-refractivity contribution < 1.29 is 24.8 Å². The first-order valence-electron chi connectivity index (χ1n) is 12.6. The van der Waals surface area contributed by atoms with Crippen LogP contribution < -0.4 is 0 Å². The van der Waals surface area contributed by atoms with Gasteiger partial charge in [-0.15, -0.1) is 0 Å². The van der Waals surface area contributed by atoms with Gasteiger partial charge in [-0.3, -0.25) is 0 Å². The van der Waals surface area contributed by atoms with Crippen molar-refractivity contribution in [3.05, 3.63) is 12.2 Å². The second kappa shape index (κ2) is 19.2. The van der Waals surface area contributed by atoms with E-state index in [2.05, 4.69) is 19.1 Å². The average molecular weight is 429 g/mol. The third-order valence-electron chi connectivity index (χ3n) is 5.97. The molecular weight excluding hydrogens is 380 g/mol. The van der Waals surface area contributed by atoms with E-state index in [4.69, 9.17) is 14.6 Å². The summed E-state index contributed by atoms with van der Waals surface area (Å²) in [6.45, 7) is 2.58. The molecule has 3 N–H and O–H groups in total. The maximum absolute atomic E-state index is 10.1. The molecule has 0 unspecified atom stereocenters. The highest BCUT2D eigenvalue weighted by Gasteiger charge is 2.38.